The summed E-state index contributed by atoms with van der Waals surface area (Å²) >= 11 is 3.11. The number of rotatable bonds is 4. The number of nitrogens with zero attached hydrogens (tertiary/aromatic N) is 1. The van der Waals surface area contributed by atoms with Gasteiger partial charge in [0, 0.05) is 10.5 Å². The van der Waals surface area contributed by atoms with E-state index in [1.807, 2.05) is 0 Å². The van der Waals surface area contributed by atoms with Crippen LogP contribution in [-0.2, 0) is 10.0 Å². The van der Waals surface area contributed by atoms with E-state index in [-0.39, 0.29) is 9.37 Å². The molecule has 0 aliphatic heterocycles. The molecule has 1 aromatic rings. The second-order valence-electron chi connectivity index (χ2n) is 4.83. The van der Waals surface area contributed by atoms with Gasteiger partial charge in [-0.3, -0.25) is 0 Å². The predicted molar refractivity (Wildman–Crippen MR) is 71.8 cm³/mol. The third-order valence-electron chi connectivity index (χ3n) is 2.96. The molecule has 0 saturated heterocycles. The average molecular weight is 372 g/mol. The van der Waals surface area contributed by atoms with Crippen LogP contribution in [0.2, 0.25) is 0 Å². The summed E-state index contributed by atoms with van der Waals surface area (Å²) < 4.78 is 63.4. The van der Waals surface area contributed by atoms with Gasteiger partial charge in [0.15, 0.2) is 0 Å². The van der Waals surface area contributed by atoms with Gasteiger partial charge in [-0.15, -0.1) is 0 Å². The van der Waals surface area contributed by atoms with Gasteiger partial charge >= 0.3 is 6.18 Å². The molecule has 112 valence electrons. The van der Waals surface area contributed by atoms with E-state index in [0.29, 0.717) is 17.1 Å². The lowest BCUT2D eigenvalue weighted by Gasteiger charge is -2.23. The molecule has 0 radical (unpaired) electrons. The fourth-order valence-electron chi connectivity index (χ4n) is 1.89. The minimum absolute atomic E-state index is 0.126. The highest BCUT2D eigenvalue weighted by Gasteiger charge is 2.45. The zero-order chi connectivity index (χ0) is 15.1. The average Bonchev–Trinajstić information content (AvgIpc) is 3.07. The van der Waals surface area contributed by atoms with Gasteiger partial charge < -0.3 is 0 Å². The Morgan fingerprint density at radius 3 is 2.40 bits per heavy atom. The van der Waals surface area contributed by atoms with Gasteiger partial charge in [-0.25, -0.2) is 8.42 Å². The van der Waals surface area contributed by atoms with Crippen molar-refractivity contribution >= 4 is 26.0 Å². The molecular formula is C12H13BrF3NO2S. The van der Waals surface area contributed by atoms with E-state index in [0.717, 1.165) is 5.56 Å². The van der Waals surface area contributed by atoms with E-state index in [1.165, 1.54) is 6.07 Å². The number of hydrogen-bond donors (Lipinski definition) is 0. The van der Waals surface area contributed by atoms with Crippen molar-refractivity contribution in [3.8, 4) is 0 Å². The van der Waals surface area contributed by atoms with E-state index >= 15 is 0 Å². The molecule has 1 aliphatic carbocycles. The molecule has 1 aromatic carbocycles. The second-order valence-corrected chi connectivity index (χ2v) is 7.54. The van der Waals surface area contributed by atoms with Crippen molar-refractivity contribution in [2.75, 3.05) is 6.54 Å². The van der Waals surface area contributed by atoms with Crippen LogP contribution in [0.1, 0.15) is 18.4 Å². The lowest BCUT2D eigenvalue weighted by atomic mass is 10.2. The molecule has 1 saturated carbocycles. The largest absolute Gasteiger partial charge is 0.402 e. The second kappa shape index (κ2) is 5.31. The first-order chi connectivity index (χ1) is 9.11. The van der Waals surface area contributed by atoms with E-state index in [1.54, 1.807) is 19.1 Å². The van der Waals surface area contributed by atoms with E-state index in [4.69, 9.17) is 0 Å². The molecule has 0 unspecified atom stereocenters. The van der Waals surface area contributed by atoms with Gasteiger partial charge in [0.2, 0.25) is 10.0 Å². The van der Waals surface area contributed by atoms with Crippen LogP contribution in [0.5, 0.6) is 0 Å². The monoisotopic (exact) mass is 371 g/mol. The Bertz CT molecular complexity index is 612. The molecule has 0 spiro atoms. The summed E-state index contributed by atoms with van der Waals surface area (Å²) in [6.07, 6.45) is -3.61. The highest BCUT2D eigenvalue weighted by atomic mass is 79.9. The molecule has 0 aromatic heterocycles. The van der Waals surface area contributed by atoms with Crippen molar-refractivity contribution < 1.29 is 21.6 Å². The molecule has 0 heterocycles. The number of benzene rings is 1. The molecule has 20 heavy (non-hydrogen) atoms. The van der Waals surface area contributed by atoms with Crippen LogP contribution in [0.3, 0.4) is 0 Å². The van der Waals surface area contributed by atoms with Crippen molar-refractivity contribution in [2.45, 2.75) is 36.9 Å². The fraction of sp³-hybridized carbons (Fsp3) is 0.500. The Kier molecular flexibility index (Phi) is 4.19. The first-order valence-corrected chi connectivity index (χ1v) is 8.19. The highest BCUT2D eigenvalue weighted by molar-refractivity contribution is 9.10. The minimum Gasteiger partial charge on any atom is -0.207 e. The summed E-state index contributed by atoms with van der Waals surface area (Å²) in [5, 5.41) is 0. The summed E-state index contributed by atoms with van der Waals surface area (Å²) in [6, 6.07) is 3.93. The zero-order valence-corrected chi connectivity index (χ0v) is 13.0. The maximum atomic E-state index is 12.6. The van der Waals surface area contributed by atoms with Crippen LogP contribution in [0.4, 0.5) is 13.2 Å². The number of hydrogen-bond acceptors (Lipinski definition) is 2. The van der Waals surface area contributed by atoms with Gasteiger partial charge in [0.1, 0.15) is 6.54 Å². The maximum absolute atomic E-state index is 12.6. The first kappa shape index (κ1) is 15.8. The van der Waals surface area contributed by atoms with Crippen molar-refractivity contribution in [3.05, 3.63) is 28.2 Å². The van der Waals surface area contributed by atoms with Gasteiger partial charge in [0.05, 0.1) is 4.90 Å². The van der Waals surface area contributed by atoms with E-state index in [2.05, 4.69) is 15.9 Å². The fourth-order valence-corrected chi connectivity index (χ4v) is 4.72. The highest BCUT2D eigenvalue weighted by Crippen LogP contribution is 2.36. The number of sulfonamides is 1. The molecule has 1 aliphatic rings. The third-order valence-corrected chi connectivity index (χ3v) is 5.84. The van der Waals surface area contributed by atoms with Crippen LogP contribution >= 0.6 is 15.9 Å². The van der Waals surface area contributed by atoms with Gasteiger partial charge in [-0.1, -0.05) is 6.07 Å². The van der Waals surface area contributed by atoms with Gasteiger partial charge in [0.25, 0.3) is 0 Å². The van der Waals surface area contributed by atoms with Crippen LogP contribution in [-0.4, -0.2) is 31.5 Å². The van der Waals surface area contributed by atoms with Crippen LogP contribution < -0.4 is 0 Å². The number of alkyl halides is 3. The van der Waals surface area contributed by atoms with Crippen LogP contribution in [0.25, 0.3) is 0 Å². The van der Waals surface area contributed by atoms with Crippen molar-refractivity contribution in [1.82, 2.24) is 4.31 Å². The SMILES string of the molecule is Cc1ccc(S(=O)(=O)N(CC(F)(F)F)C2CC2)c(Br)c1. The Morgan fingerprint density at radius 1 is 1.35 bits per heavy atom. The Hall–Kier alpha value is -0.600. The van der Waals surface area contributed by atoms with Crippen LogP contribution in [0.15, 0.2) is 27.6 Å². The third kappa shape index (κ3) is 3.53. The number of halogens is 4. The summed E-state index contributed by atoms with van der Waals surface area (Å²) in [4.78, 5) is -0.126. The molecular weight excluding hydrogens is 359 g/mol. The predicted octanol–water partition coefficient (Wildman–Crippen LogP) is 3.47. The minimum atomic E-state index is -4.55. The molecule has 8 heteroatoms. The standard InChI is InChI=1S/C12H13BrF3NO2S/c1-8-2-5-11(10(13)6-8)20(18,19)17(9-3-4-9)7-12(14,15)16/h2,5-6,9H,3-4,7H2,1H3. The Labute approximate surface area is 123 Å². The van der Waals surface area contributed by atoms with Crippen LogP contribution in [0, 0.1) is 6.92 Å². The maximum Gasteiger partial charge on any atom is 0.402 e. The Morgan fingerprint density at radius 2 is 1.95 bits per heavy atom. The molecule has 1 fully saturated rings. The normalized spacial score (nSPS) is 16.7. The summed E-state index contributed by atoms with van der Waals surface area (Å²) in [5.74, 6) is 0. The smallest absolute Gasteiger partial charge is 0.207 e. The lowest BCUT2D eigenvalue weighted by Crippen LogP contribution is -2.40. The lowest BCUT2D eigenvalue weighted by molar-refractivity contribution is -0.137. The zero-order valence-electron chi connectivity index (χ0n) is 10.6. The molecule has 0 amide bonds. The van der Waals surface area contributed by atoms with E-state index < -0.39 is 28.8 Å². The summed E-state index contributed by atoms with van der Waals surface area (Å²) in [7, 11) is -4.15. The molecule has 0 atom stereocenters. The number of aryl methyl sites for hydroxylation is 1. The van der Waals surface area contributed by atoms with Crippen molar-refractivity contribution in [1.29, 1.82) is 0 Å². The molecule has 2 rings (SSSR count). The molecule has 3 nitrogen and oxygen atoms in total. The van der Waals surface area contributed by atoms with Gasteiger partial charge in [-0.05, 0) is 53.4 Å². The summed E-state index contributed by atoms with van der Waals surface area (Å²) in [5.41, 5.74) is 0.824. The quantitative estimate of drug-likeness (QED) is 0.812. The molecule has 0 bridgehead atoms. The topological polar surface area (TPSA) is 37.4 Å². The Balaban J connectivity index is 2.40. The van der Waals surface area contributed by atoms with Crippen molar-refractivity contribution in [2.24, 2.45) is 0 Å². The van der Waals surface area contributed by atoms with E-state index in [9.17, 15) is 21.6 Å². The molecule has 0 N–H and O–H groups in total. The first-order valence-electron chi connectivity index (χ1n) is 5.96. The summed E-state index contributed by atoms with van der Waals surface area (Å²) in [6.45, 7) is 0.329. The van der Waals surface area contributed by atoms with Gasteiger partial charge in [-0.2, -0.15) is 17.5 Å². The van der Waals surface area contributed by atoms with Crippen molar-refractivity contribution in [3.63, 3.8) is 0 Å².